The average molecular weight is 446 g/mol. The van der Waals surface area contributed by atoms with Crippen LogP contribution < -0.4 is 5.48 Å². The van der Waals surface area contributed by atoms with Gasteiger partial charge in [0.15, 0.2) is 0 Å². The maximum Gasteiger partial charge on any atom is 0.267 e. The van der Waals surface area contributed by atoms with E-state index >= 15 is 0 Å². The summed E-state index contributed by atoms with van der Waals surface area (Å²) in [7, 11) is 0. The Kier molecular flexibility index (Phi) is 6.97. The zero-order valence-electron chi connectivity index (χ0n) is 18.4. The Morgan fingerprint density at radius 2 is 1.97 bits per heavy atom. The fourth-order valence-electron chi connectivity index (χ4n) is 4.32. The molecule has 0 saturated carbocycles. The van der Waals surface area contributed by atoms with Gasteiger partial charge in [-0.3, -0.25) is 14.9 Å². The largest absolute Gasteiger partial charge is 0.411 e. The molecule has 3 N–H and O–H groups in total. The number of benzene rings is 2. The fourth-order valence-corrected chi connectivity index (χ4v) is 4.32. The van der Waals surface area contributed by atoms with Crippen molar-refractivity contribution >= 4 is 17.7 Å². The van der Waals surface area contributed by atoms with Crippen LogP contribution >= 0.6 is 0 Å². The van der Waals surface area contributed by atoms with Crippen LogP contribution in [0.1, 0.15) is 41.3 Å². The molecule has 0 spiro atoms. The van der Waals surface area contributed by atoms with Crippen LogP contribution in [0.5, 0.6) is 0 Å². The Morgan fingerprint density at radius 3 is 2.67 bits per heavy atom. The van der Waals surface area contributed by atoms with E-state index in [0.29, 0.717) is 12.3 Å². The molecular formula is C25H27N5O3. The Hall–Kier alpha value is -3.75. The molecule has 1 atom stereocenters. The lowest BCUT2D eigenvalue weighted by Crippen LogP contribution is -2.30. The van der Waals surface area contributed by atoms with Crippen molar-refractivity contribution in [3.05, 3.63) is 89.3 Å². The number of carbonyl (C=O) groups excluding carboxylic acids is 1. The second kappa shape index (κ2) is 10.2. The zero-order valence-corrected chi connectivity index (χ0v) is 18.4. The van der Waals surface area contributed by atoms with E-state index in [4.69, 9.17) is 5.21 Å². The molecule has 0 radical (unpaired) electrons. The Balaban J connectivity index is 1.50. The SMILES string of the molecule is Cc1c(C(CN2CCC[C@H]2c2ccc(C=CC(=O)NO)cc2)=NO)cnn1-c1ccccc1. The zero-order chi connectivity index (χ0) is 23.2. The molecule has 1 fully saturated rings. The predicted octanol–water partition coefficient (Wildman–Crippen LogP) is 3.71. The van der Waals surface area contributed by atoms with Gasteiger partial charge in [0.05, 0.1) is 17.6 Å². The number of likely N-dealkylation sites (tertiary alicyclic amines) is 1. The maximum absolute atomic E-state index is 11.2. The monoisotopic (exact) mass is 445 g/mol. The first kappa shape index (κ1) is 22.4. The van der Waals surface area contributed by atoms with Crippen molar-refractivity contribution in [1.82, 2.24) is 20.2 Å². The van der Waals surface area contributed by atoms with Crippen molar-refractivity contribution in [3.8, 4) is 5.69 Å². The highest BCUT2D eigenvalue weighted by atomic mass is 16.5. The molecule has 2 heterocycles. The highest BCUT2D eigenvalue weighted by Crippen LogP contribution is 2.32. The van der Waals surface area contributed by atoms with Gasteiger partial charge in [-0.15, -0.1) is 0 Å². The first-order valence-electron chi connectivity index (χ1n) is 10.9. The first-order valence-corrected chi connectivity index (χ1v) is 10.9. The molecule has 33 heavy (non-hydrogen) atoms. The number of hydrogen-bond donors (Lipinski definition) is 3. The van der Waals surface area contributed by atoms with Gasteiger partial charge >= 0.3 is 0 Å². The van der Waals surface area contributed by atoms with E-state index in [1.54, 1.807) is 17.8 Å². The van der Waals surface area contributed by atoms with Crippen molar-refractivity contribution in [2.24, 2.45) is 5.16 Å². The van der Waals surface area contributed by atoms with Crippen molar-refractivity contribution < 1.29 is 15.2 Å². The second-order valence-corrected chi connectivity index (χ2v) is 8.04. The molecule has 3 aromatic rings. The van der Waals surface area contributed by atoms with Gasteiger partial charge in [-0.05, 0) is 55.6 Å². The first-order chi connectivity index (χ1) is 16.1. The van der Waals surface area contributed by atoms with Gasteiger partial charge < -0.3 is 5.21 Å². The Bertz CT molecular complexity index is 1150. The van der Waals surface area contributed by atoms with Crippen LogP contribution in [0.15, 0.2) is 72.0 Å². The van der Waals surface area contributed by atoms with Crippen molar-refractivity contribution in [2.45, 2.75) is 25.8 Å². The molecule has 170 valence electrons. The standard InChI is InChI=1S/C25H27N5O3/c1-18-22(16-26-30(18)21-6-3-2-4-7-21)23(27-32)17-29-15-5-8-24(29)20-12-9-19(10-13-20)11-14-25(31)28-33/h2-4,6-7,9-14,16,24,32-33H,5,8,15,17H2,1H3,(H,28,31)/t24-/m0/s1. The molecule has 2 aromatic carbocycles. The predicted molar refractivity (Wildman–Crippen MR) is 126 cm³/mol. The number of carbonyl (C=O) groups is 1. The summed E-state index contributed by atoms with van der Waals surface area (Å²) in [6.07, 6.45) is 6.75. The summed E-state index contributed by atoms with van der Waals surface area (Å²) in [5, 5.41) is 26.6. The number of nitrogens with one attached hydrogen (secondary N) is 1. The lowest BCUT2D eigenvalue weighted by Gasteiger charge is -2.25. The third-order valence-electron chi connectivity index (χ3n) is 6.02. The minimum Gasteiger partial charge on any atom is -0.411 e. The summed E-state index contributed by atoms with van der Waals surface area (Å²) in [5.74, 6) is -0.567. The number of oxime groups is 1. The highest BCUT2D eigenvalue weighted by molar-refractivity contribution is 6.02. The summed E-state index contributed by atoms with van der Waals surface area (Å²) >= 11 is 0. The van der Waals surface area contributed by atoms with Gasteiger partial charge in [-0.25, -0.2) is 10.2 Å². The van der Waals surface area contributed by atoms with Crippen molar-refractivity contribution in [1.29, 1.82) is 0 Å². The number of nitrogens with zero attached hydrogens (tertiary/aromatic N) is 4. The van der Waals surface area contributed by atoms with Crippen LogP contribution in [0.3, 0.4) is 0 Å². The number of amides is 1. The van der Waals surface area contributed by atoms with Crippen LogP contribution in [0.2, 0.25) is 0 Å². The Labute approximate surface area is 192 Å². The van der Waals surface area contributed by atoms with E-state index in [0.717, 1.165) is 41.9 Å². The van der Waals surface area contributed by atoms with Gasteiger partial charge in [0, 0.05) is 24.2 Å². The third-order valence-corrected chi connectivity index (χ3v) is 6.02. The minimum atomic E-state index is -0.567. The summed E-state index contributed by atoms with van der Waals surface area (Å²) in [5.41, 5.74) is 6.93. The minimum absolute atomic E-state index is 0.213. The van der Waals surface area contributed by atoms with Crippen LogP contribution in [0, 0.1) is 6.92 Å². The van der Waals surface area contributed by atoms with Gasteiger partial charge in [0.25, 0.3) is 5.91 Å². The van der Waals surface area contributed by atoms with Gasteiger partial charge in [0.1, 0.15) is 5.71 Å². The summed E-state index contributed by atoms with van der Waals surface area (Å²) in [6, 6.07) is 18.1. The quantitative estimate of drug-likeness (QED) is 0.169. The van der Waals surface area contributed by atoms with Gasteiger partial charge in [0.2, 0.25) is 0 Å². The second-order valence-electron chi connectivity index (χ2n) is 8.04. The molecule has 4 rings (SSSR count). The molecule has 1 aliphatic heterocycles. The van der Waals surface area contributed by atoms with Crippen LogP contribution in [0.25, 0.3) is 11.8 Å². The smallest absolute Gasteiger partial charge is 0.267 e. The van der Waals surface area contributed by atoms with E-state index in [1.165, 1.54) is 11.6 Å². The molecule has 0 bridgehead atoms. The molecular weight excluding hydrogens is 418 g/mol. The molecule has 1 saturated heterocycles. The number of para-hydroxylation sites is 1. The number of rotatable bonds is 7. The fraction of sp³-hybridized carbons (Fsp3) is 0.240. The van der Waals surface area contributed by atoms with E-state index in [9.17, 15) is 10.0 Å². The van der Waals surface area contributed by atoms with Crippen LogP contribution in [0.4, 0.5) is 0 Å². The van der Waals surface area contributed by atoms with Gasteiger partial charge in [-0.1, -0.05) is 47.6 Å². The maximum atomic E-state index is 11.2. The topological polar surface area (TPSA) is 103 Å². The molecule has 0 unspecified atom stereocenters. The summed E-state index contributed by atoms with van der Waals surface area (Å²) in [4.78, 5) is 13.5. The molecule has 8 nitrogen and oxygen atoms in total. The van der Waals surface area contributed by atoms with Crippen LogP contribution in [-0.2, 0) is 4.79 Å². The van der Waals surface area contributed by atoms with Gasteiger partial charge in [-0.2, -0.15) is 5.10 Å². The lowest BCUT2D eigenvalue weighted by molar-refractivity contribution is -0.124. The lowest BCUT2D eigenvalue weighted by atomic mass is 10.0. The van der Waals surface area contributed by atoms with Crippen molar-refractivity contribution in [3.63, 3.8) is 0 Å². The number of hydrogen-bond acceptors (Lipinski definition) is 6. The average Bonchev–Trinajstić information content (AvgIpc) is 3.48. The van der Waals surface area contributed by atoms with E-state index < -0.39 is 5.91 Å². The summed E-state index contributed by atoms with van der Waals surface area (Å²) in [6.45, 7) is 3.40. The van der Waals surface area contributed by atoms with Crippen LogP contribution in [-0.4, -0.2) is 49.8 Å². The molecule has 8 heteroatoms. The van der Waals surface area contributed by atoms with E-state index in [2.05, 4.69) is 15.2 Å². The molecule has 0 aliphatic carbocycles. The molecule has 1 aromatic heterocycles. The molecule has 1 aliphatic rings. The normalized spacial score (nSPS) is 17.0. The third kappa shape index (κ3) is 5.02. The van der Waals surface area contributed by atoms with Crippen molar-refractivity contribution in [2.75, 3.05) is 13.1 Å². The molecule has 1 amide bonds. The number of hydroxylamine groups is 1. The Morgan fingerprint density at radius 1 is 1.21 bits per heavy atom. The van der Waals surface area contributed by atoms with E-state index in [-0.39, 0.29) is 6.04 Å². The summed E-state index contributed by atoms with van der Waals surface area (Å²) < 4.78 is 1.85. The van der Waals surface area contributed by atoms with E-state index in [1.807, 2.05) is 66.2 Å². The highest BCUT2D eigenvalue weighted by Gasteiger charge is 2.28. The number of aromatic nitrogens is 2.